The van der Waals surface area contributed by atoms with Crippen LogP contribution in [-0.4, -0.2) is 21.1 Å². The van der Waals surface area contributed by atoms with Crippen LogP contribution in [0.1, 0.15) is 13.8 Å². The summed E-state index contributed by atoms with van der Waals surface area (Å²) in [5, 5.41) is 8.37. The summed E-state index contributed by atoms with van der Waals surface area (Å²) in [6.45, 7) is 4.01. The Labute approximate surface area is 129 Å². The van der Waals surface area contributed by atoms with Crippen LogP contribution in [0.4, 0.5) is 5.69 Å². The highest BCUT2D eigenvalue weighted by molar-refractivity contribution is 5.59. The third kappa shape index (κ3) is 3.09. The van der Waals surface area contributed by atoms with Crippen molar-refractivity contribution in [2.75, 3.05) is 5.73 Å². The molecule has 0 spiro atoms. The summed E-state index contributed by atoms with van der Waals surface area (Å²) in [4.78, 5) is 0. The summed E-state index contributed by atoms with van der Waals surface area (Å²) in [6.07, 6.45) is 2.04. The van der Waals surface area contributed by atoms with E-state index < -0.39 is 0 Å². The average molecular weight is 294 g/mol. The van der Waals surface area contributed by atoms with Crippen molar-refractivity contribution in [2.45, 2.75) is 20.0 Å². The van der Waals surface area contributed by atoms with Gasteiger partial charge in [0.05, 0.1) is 18.0 Å². The number of ether oxygens (including phenoxy) is 1. The summed E-state index contributed by atoms with van der Waals surface area (Å²) in [5.74, 6) is 0.849. The number of anilines is 1. The highest BCUT2D eigenvalue weighted by Gasteiger charge is 2.06. The Morgan fingerprint density at radius 2 is 1.86 bits per heavy atom. The summed E-state index contributed by atoms with van der Waals surface area (Å²) in [5.41, 5.74) is 9.18. The minimum atomic E-state index is 0.162. The second kappa shape index (κ2) is 5.89. The third-order valence-electron chi connectivity index (χ3n) is 3.15. The van der Waals surface area contributed by atoms with Gasteiger partial charge in [0.25, 0.3) is 0 Å². The van der Waals surface area contributed by atoms with Crippen LogP contribution in [0.5, 0.6) is 5.75 Å². The zero-order valence-corrected chi connectivity index (χ0v) is 12.6. The Hall–Kier alpha value is -2.82. The number of nitrogens with zero attached hydrogens (tertiary/aromatic N) is 3. The zero-order chi connectivity index (χ0) is 15.5. The Morgan fingerprint density at radius 1 is 1.09 bits per heavy atom. The zero-order valence-electron chi connectivity index (χ0n) is 12.6. The van der Waals surface area contributed by atoms with Crippen LogP contribution in [0.25, 0.3) is 16.9 Å². The van der Waals surface area contributed by atoms with Crippen molar-refractivity contribution in [2.24, 2.45) is 0 Å². The summed E-state index contributed by atoms with van der Waals surface area (Å²) < 4.78 is 7.35. The fourth-order valence-corrected chi connectivity index (χ4v) is 2.17. The van der Waals surface area contributed by atoms with Gasteiger partial charge < -0.3 is 10.5 Å². The maximum Gasteiger partial charge on any atom is 0.119 e. The molecule has 0 atom stereocenters. The maximum atomic E-state index is 5.79. The van der Waals surface area contributed by atoms with E-state index in [-0.39, 0.29) is 6.10 Å². The molecule has 2 aromatic carbocycles. The molecule has 0 aliphatic rings. The van der Waals surface area contributed by atoms with Gasteiger partial charge in [0.15, 0.2) is 0 Å². The molecule has 3 aromatic rings. The molecule has 0 unspecified atom stereocenters. The van der Waals surface area contributed by atoms with E-state index in [1.54, 1.807) is 4.68 Å². The molecule has 0 bridgehead atoms. The molecule has 5 nitrogen and oxygen atoms in total. The van der Waals surface area contributed by atoms with Crippen LogP contribution in [0.15, 0.2) is 54.7 Å². The normalized spacial score (nSPS) is 10.9. The van der Waals surface area contributed by atoms with Gasteiger partial charge in [-0.05, 0) is 56.3 Å². The minimum absolute atomic E-state index is 0.162. The van der Waals surface area contributed by atoms with Gasteiger partial charge in [0, 0.05) is 11.3 Å². The number of hydrogen-bond donors (Lipinski definition) is 1. The largest absolute Gasteiger partial charge is 0.491 e. The maximum absolute atomic E-state index is 5.79. The minimum Gasteiger partial charge on any atom is -0.491 e. The summed E-state index contributed by atoms with van der Waals surface area (Å²) in [7, 11) is 0. The van der Waals surface area contributed by atoms with Crippen molar-refractivity contribution in [3.05, 3.63) is 54.7 Å². The molecule has 0 amide bonds. The Bertz CT molecular complexity index is 762. The predicted molar refractivity (Wildman–Crippen MR) is 87.0 cm³/mol. The van der Waals surface area contributed by atoms with E-state index in [4.69, 9.17) is 10.5 Å². The predicted octanol–water partition coefficient (Wildman–Crippen LogP) is 3.30. The van der Waals surface area contributed by atoms with E-state index in [0.717, 1.165) is 22.7 Å². The third-order valence-corrected chi connectivity index (χ3v) is 3.15. The fourth-order valence-electron chi connectivity index (χ4n) is 2.17. The van der Waals surface area contributed by atoms with Crippen molar-refractivity contribution in [1.29, 1.82) is 0 Å². The summed E-state index contributed by atoms with van der Waals surface area (Å²) in [6, 6.07) is 15.4. The van der Waals surface area contributed by atoms with Gasteiger partial charge in [-0.2, -0.15) is 0 Å². The van der Waals surface area contributed by atoms with Gasteiger partial charge >= 0.3 is 0 Å². The molecule has 1 aromatic heterocycles. The molecule has 0 saturated heterocycles. The van der Waals surface area contributed by atoms with Crippen LogP contribution in [-0.2, 0) is 0 Å². The van der Waals surface area contributed by atoms with E-state index in [9.17, 15) is 0 Å². The molecule has 0 radical (unpaired) electrons. The summed E-state index contributed by atoms with van der Waals surface area (Å²) >= 11 is 0. The Kier molecular flexibility index (Phi) is 3.78. The second-order valence-corrected chi connectivity index (χ2v) is 5.33. The monoisotopic (exact) mass is 294 g/mol. The average Bonchev–Trinajstić information content (AvgIpc) is 2.97. The first-order valence-electron chi connectivity index (χ1n) is 7.17. The topological polar surface area (TPSA) is 66.0 Å². The lowest BCUT2D eigenvalue weighted by Gasteiger charge is -2.09. The first-order valence-corrected chi connectivity index (χ1v) is 7.17. The molecule has 0 aliphatic carbocycles. The molecular weight excluding hydrogens is 276 g/mol. The molecule has 22 heavy (non-hydrogen) atoms. The van der Waals surface area contributed by atoms with E-state index >= 15 is 0 Å². The van der Waals surface area contributed by atoms with Crippen molar-refractivity contribution < 1.29 is 4.74 Å². The molecule has 3 rings (SSSR count). The smallest absolute Gasteiger partial charge is 0.119 e. The van der Waals surface area contributed by atoms with Gasteiger partial charge in [0.1, 0.15) is 11.4 Å². The molecule has 5 heteroatoms. The molecule has 1 heterocycles. The number of hydrogen-bond acceptors (Lipinski definition) is 4. The van der Waals surface area contributed by atoms with Gasteiger partial charge in [-0.15, -0.1) is 5.10 Å². The number of nitrogen functional groups attached to an aromatic ring is 1. The van der Waals surface area contributed by atoms with Crippen molar-refractivity contribution in [3.8, 4) is 22.7 Å². The molecule has 2 N–H and O–H groups in total. The molecular formula is C17H18N4O. The fraction of sp³-hybridized carbons (Fsp3) is 0.176. The van der Waals surface area contributed by atoms with Crippen LogP contribution in [0, 0.1) is 0 Å². The SMILES string of the molecule is CC(C)Oc1ccc(-c2cn(-c3cccc(N)c3)nn2)cc1. The van der Waals surface area contributed by atoms with Gasteiger partial charge in [-0.3, -0.25) is 0 Å². The highest BCUT2D eigenvalue weighted by Crippen LogP contribution is 2.22. The lowest BCUT2D eigenvalue weighted by atomic mass is 10.1. The van der Waals surface area contributed by atoms with E-state index in [2.05, 4.69) is 10.3 Å². The van der Waals surface area contributed by atoms with Gasteiger partial charge in [0.2, 0.25) is 0 Å². The van der Waals surface area contributed by atoms with Crippen LogP contribution in [0.3, 0.4) is 0 Å². The van der Waals surface area contributed by atoms with Crippen molar-refractivity contribution in [3.63, 3.8) is 0 Å². The lowest BCUT2D eigenvalue weighted by molar-refractivity contribution is 0.242. The standard InChI is InChI=1S/C17H18N4O/c1-12(2)22-16-8-6-13(7-9-16)17-11-21(20-19-17)15-5-3-4-14(18)10-15/h3-12H,18H2,1-2H3. The Morgan fingerprint density at radius 3 is 2.55 bits per heavy atom. The van der Waals surface area contributed by atoms with Gasteiger partial charge in [-0.1, -0.05) is 11.3 Å². The van der Waals surface area contributed by atoms with Crippen molar-refractivity contribution >= 4 is 5.69 Å². The molecule has 112 valence electrons. The molecule has 0 saturated carbocycles. The molecule has 0 fully saturated rings. The van der Waals surface area contributed by atoms with Crippen LogP contribution < -0.4 is 10.5 Å². The molecule has 0 aliphatic heterocycles. The van der Waals surface area contributed by atoms with Crippen LogP contribution in [0.2, 0.25) is 0 Å². The van der Waals surface area contributed by atoms with Crippen LogP contribution >= 0.6 is 0 Å². The number of benzene rings is 2. The second-order valence-electron chi connectivity index (χ2n) is 5.33. The van der Waals surface area contributed by atoms with Gasteiger partial charge in [-0.25, -0.2) is 4.68 Å². The number of rotatable bonds is 4. The highest BCUT2D eigenvalue weighted by atomic mass is 16.5. The first-order chi connectivity index (χ1) is 10.6. The van der Waals surface area contributed by atoms with Crippen molar-refractivity contribution in [1.82, 2.24) is 15.0 Å². The quantitative estimate of drug-likeness (QED) is 0.750. The Balaban J connectivity index is 1.84. The van der Waals surface area contributed by atoms with E-state index in [0.29, 0.717) is 5.69 Å². The number of nitrogens with two attached hydrogens (primary N) is 1. The van der Waals surface area contributed by atoms with E-state index in [1.165, 1.54) is 0 Å². The first kappa shape index (κ1) is 14.1. The lowest BCUT2D eigenvalue weighted by Crippen LogP contribution is -2.05. The van der Waals surface area contributed by atoms with E-state index in [1.807, 2.05) is 68.6 Å². The number of aromatic nitrogens is 3.